The SMILES string of the molecule is Cc1cccc(C(=O)NC(C(=O)Nc2cccc(C(F)(F)F)c2)C(C)C)c1. The predicted octanol–water partition coefficient (Wildman–Crippen LogP) is 4.41. The van der Waals surface area contributed by atoms with E-state index in [4.69, 9.17) is 0 Å². The molecule has 2 aromatic carbocycles. The lowest BCUT2D eigenvalue weighted by Crippen LogP contribution is -2.47. The minimum atomic E-state index is -4.50. The van der Waals surface area contributed by atoms with Gasteiger partial charge >= 0.3 is 6.18 Å². The van der Waals surface area contributed by atoms with Crippen molar-refractivity contribution in [3.8, 4) is 0 Å². The molecule has 0 saturated carbocycles. The lowest BCUT2D eigenvalue weighted by Gasteiger charge is -2.22. The van der Waals surface area contributed by atoms with Crippen LogP contribution in [0.1, 0.15) is 35.3 Å². The van der Waals surface area contributed by atoms with Gasteiger partial charge in [0.2, 0.25) is 5.91 Å². The molecule has 4 nitrogen and oxygen atoms in total. The highest BCUT2D eigenvalue weighted by atomic mass is 19.4. The summed E-state index contributed by atoms with van der Waals surface area (Å²) in [5.41, 5.74) is 0.472. The van der Waals surface area contributed by atoms with Crippen LogP contribution in [-0.2, 0) is 11.0 Å². The first-order valence-electron chi connectivity index (χ1n) is 8.43. The molecule has 0 bridgehead atoms. The summed E-state index contributed by atoms with van der Waals surface area (Å²) in [6.45, 7) is 5.33. The molecule has 27 heavy (non-hydrogen) atoms. The Hall–Kier alpha value is -2.83. The van der Waals surface area contributed by atoms with Gasteiger partial charge in [-0.2, -0.15) is 13.2 Å². The average Bonchev–Trinajstić information content (AvgIpc) is 2.58. The number of carbonyl (C=O) groups is 2. The lowest BCUT2D eigenvalue weighted by atomic mass is 10.0. The van der Waals surface area contributed by atoms with Gasteiger partial charge in [0, 0.05) is 11.3 Å². The maximum atomic E-state index is 12.8. The van der Waals surface area contributed by atoms with E-state index in [9.17, 15) is 22.8 Å². The number of hydrogen-bond donors (Lipinski definition) is 2. The molecule has 0 aliphatic carbocycles. The number of benzene rings is 2. The van der Waals surface area contributed by atoms with Crippen molar-refractivity contribution < 1.29 is 22.8 Å². The van der Waals surface area contributed by atoms with E-state index in [2.05, 4.69) is 10.6 Å². The highest BCUT2D eigenvalue weighted by Gasteiger charge is 2.31. The van der Waals surface area contributed by atoms with Crippen molar-refractivity contribution in [1.29, 1.82) is 0 Å². The molecule has 0 aromatic heterocycles. The third-order valence-electron chi connectivity index (χ3n) is 3.97. The summed E-state index contributed by atoms with van der Waals surface area (Å²) >= 11 is 0. The van der Waals surface area contributed by atoms with Gasteiger partial charge in [0.15, 0.2) is 0 Å². The number of rotatable bonds is 5. The molecule has 144 valence electrons. The third-order valence-corrected chi connectivity index (χ3v) is 3.97. The molecule has 0 fully saturated rings. The number of alkyl halides is 3. The van der Waals surface area contributed by atoms with Crippen LogP contribution in [0.3, 0.4) is 0 Å². The van der Waals surface area contributed by atoms with Gasteiger partial charge in [-0.05, 0) is 43.2 Å². The van der Waals surface area contributed by atoms with Crippen molar-refractivity contribution in [2.75, 3.05) is 5.32 Å². The van der Waals surface area contributed by atoms with Gasteiger partial charge < -0.3 is 10.6 Å². The van der Waals surface area contributed by atoms with E-state index in [1.165, 1.54) is 12.1 Å². The number of amides is 2. The second kappa shape index (κ2) is 8.24. The quantitative estimate of drug-likeness (QED) is 0.810. The molecule has 1 atom stereocenters. The third kappa shape index (κ3) is 5.57. The summed E-state index contributed by atoms with van der Waals surface area (Å²) < 4.78 is 38.4. The number of carbonyl (C=O) groups excluding carboxylic acids is 2. The number of halogens is 3. The Morgan fingerprint density at radius 1 is 1.00 bits per heavy atom. The van der Waals surface area contributed by atoms with Crippen LogP contribution in [-0.4, -0.2) is 17.9 Å². The maximum absolute atomic E-state index is 12.8. The Morgan fingerprint density at radius 2 is 1.67 bits per heavy atom. The zero-order valence-corrected chi connectivity index (χ0v) is 15.2. The summed E-state index contributed by atoms with van der Waals surface area (Å²) in [5, 5.41) is 5.10. The summed E-state index contributed by atoms with van der Waals surface area (Å²) in [6, 6.07) is 10.4. The molecule has 0 spiro atoms. The molecule has 2 N–H and O–H groups in total. The first kappa shape index (κ1) is 20.5. The Bertz CT molecular complexity index is 832. The van der Waals surface area contributed by atoms with E-state index in [-0.39, 0.29) is 11.6 Å². The van der Waals surface area contributed by atoms with E-state index < -0.39 is 29.6 Å². The summed E-state index contributed by atoms with van der Waals surface area (Å²) in [4.78, 5) is 25.0. The molecule has 0 aliphatic heterocycles. The average molecular weight is 378 g/mol. The van der Waals surface area contributed by atoms with E-state index in [0.29, 0.717) is 5.56 Å². The smallest absolute Gasteiger partial charge is 0.340 e. The van der Waals surface area contributed by atoms with E-state index in [1.807, 2.05) is 13.0 Å². The fraction of sp³-hybridized carbons (Fsp3) is 0.300. The standard InChI is InChI=1S/C20H21F3N2O2/c1-12(2)17(25-18(26)14-7-4-6-13(3)10-14)19(27)24-16-9-5-8-15(11-16)20(21,22)23/h4-12,17H,1-3H3,(H,24,27)(H,25,26). The summed E-state index contributed by atoms with van der Waals surface area (Å²) in [5.74, 6) is -1.26. The molecule has 2 amide bonds. The summed E-state index contributed by atoms with van der Waals surface area (Å²) in [6.07, 6.45) is -4.50. The Balaban J connectivity index is 2.15. The molecular weight excluding hydrogens is 357 g/mol. The van der Waals surface area contributed by atoms with E-state index in [0.717, 1.165) is 17.7 Å². The van der Waals surface area contributed by atoms with Gasteiger partial charge in [-0.25, -0.2) is 0 Å². The zero-order valence-electron chi connectivity index (χ0n) is 15.2. The number of anilines is 1. The van der Waals surface area contributed by atoms with Crippen molar-refractivity contribution in [2.45, 2.75) is 33.0 Å². The molecular formula is C20H21F3N2O2. The van der Waals surface area contributed by atoms with Crippen LogP contribution >= 0.6 is 0 Å². The molecule has 0 aliphatic rings. The zero-order chi connectivity index (χ0) is 20.2. The van der Waals surface area contributed by atoms with Crippen molar-refractivity contribution in [3.63, 3.8) is 0 Å². The fourth-order valence-electron chi connectivity index (χ4n) is 2.54. The highest BCUT2D eigenvalue weighted by molar-refractivity contribution is 6.01. The van der Waals surface area contributed by atoms with Crippen molar-refractivity contribution >= 4 is 17.5 Å². The van der Waals surface area contributed by atoms with Gasteiger partial charge in [-0.15, -0.1) is 0 Å². The van der Waals surface area contributed by atoms with Gasteiger partial charge in [0.05, 0.1) is 5.56 Å². The lowest BCUT2D eigenvalue weighted by molar-refractivity contribution is -0.137. The molecule has 1 unspecified atom stereocenters. The first-order valence-corrected chi connectivity index (χ1v) is 8.43. The van der Waals surface area contributed by atoms with Crippen LogP contribution in [0.15, 0.2) is 48.5 Å². The van der Waals surface area contributed by atoms with Gasteiger partial charge in [0.1, 0.15) is 6.04 Å². The van der Waals surface area contributed by atoms with Crippen LogP contribution in [0, 0.1) is 12.8 Å². The van der Waals surface area contributed by atoms with Crippen molar-refractivity contribution in [3.05, 3.63) is 65.2 Å². The number of nitrogens with one attached hydrogen (secondary N) is 2. The Kier molecular flexibility index (Phi) is 6.25. The topological polar surface area (TPSA) is 58.2 Å². The van der Waals surface area contributed by atoms with E-state index in [1.54, 1.807) is 32.0 Å². The fourth-order valence-corrected chi connectivity index (χ4v) is 2.54. The minimum absolute atomic E-state index is 0.0188. The molecule has 0 radical (unpaired) electrons. The minimum Gasteiger partial charge on any atom is -0.340 e. The van der Waals surface area contributed by atoms with E-state index >= 15 is 0 Å². The van der Waals surface area contributed by atoms with Crippen LogP contribution in [0.25, 0.3) is 0 Å². The Morgan fingerprint density at radius 3 is 2.26 bits per heavy atom. The highest BCUT2D eigenvalue weighted by Crippen LogP contribution is 2.30. The second-order valence-electron chi connectivity index (χ2n) is 6.63. The molecule has 0 saturated heterocycles. The first-order chi connectivity index (χ1) is 12.6. The monoisotopic (exact) mass is 378 g/mol. The van der Waals surface area contributed by atoms with Gasteiger partial charge in [-0.1, -0.05) is 37.6 Å². The van der Waals surface area contributed by atoms with Gasteiger partial charge in [-0.3, -0.25) is 9.59 Å². The normalized spacial score (nSPS) is 12.6. The van der Waals surface area contributed by atoms with Crippen LogP contribution < -0.4 is 10.6 Å². The van der Waals surface area contributed by atoms with Crippen LogP contribution in [0.5, 0.6) is 0 Å². The number of hydrogen-bond acceptors (Lipinski definition) is 2. The van der Waals surface area contributed by atoms with Crippen molar-refractivity contribution in [1.82, 2.24) is 5.32 Å². The predicted molar refractivity (Wildman–Crippen MR) is 97.3 cm³/mol. The molecule has 0 heterocycles. The maximum Gasteiger partial charge on any atom is 0.416 e. The number of aryl methyl sites for hydroxylation is 1. The molecule has 2 rings (SSSR count). The molecule has 7 heteroatoms. The van der Waals surface area contributed by atoms with Crippen LogP contribution in [0.2, 0.25) is 0 Å². The largest absolute Gasteiger partial charge is 0.416 e. The van der Waals surface area contributed by atoms with Crippen LogP contribution in [0.4, 0.5) is 18.9 Å². The second-order valence-corrected chi connectivity index (χ2v) is 6.63. The van der Waals surface area contributed by atoms with Gasteiger partial charge in [0.25, 0.3) is 5.91 Å². The summed E-state index contributed by atoms with van der Waals surface area (Å²) in [7, 11) is 0. The van der Waals surface area contributed by atoms with Crippen molar-refractivity contribution in [2.24, 2.45) is 5.92 Å². The molecule has 2 aromatic rings. The Labute approximate surface area is 155 Å².